The lowest BCUT2D eigenvalue weighted by Crippen LogP contribution is -2.08. The fraction of sp³-hybridized carbons (Fsp3) is 0.318. The predicted octanol–water partition coefficient (Wildman–Crippen LogP) is 6.04. The molecule has 0 bridgehead atoms. The van der Waals surface area contributed by atoms with Crippen LogP contribution in [-0.2, 0) is 11.3 Å². The Labute approximate surface area is 174 Å². The van der Waals surface area contributed by atoms with E-state index in [9.17, 15) is 9.90 Å². The van der Waals surface area contributed by atoms with Gasteiger partial charge in [0.05, 0.1) is 5.52 Å². The quantitative estimate of drug-likeness (QED) is 0.479. The first-order chi connectivity index (χ1) is 13.9. The summed E-state index contributed by atoms with van der Waals surface area (Å²) >= 11 is 5.92. The molecule has 1 N–H and O–H groups in total. The molecule has 3 aromatic rings. The van der Waals surface area contributed by atoms with Crippen molar-refractivity contribution in [2.24, 2.45) is 16.1 Å². The average molecular weight is 414 g/mol. The fourth-order valence-corrected chi connectivity index (χ4v) is 3.26. The van der Waals surface area contributed by atoms with Crippen LogP contribution >= 0.6 is 11.6 Å². The number of halogens is 1. The van der Waals surface area contributed by atoms with Crippen molar-refractivity contribution < 1.29 is 14.6 Å². The van der Waals surface area contributed by atoms with E-state index >= 15 is 0 Å². The maximum absolute atomic E-state index is 12.1. The number of ether oxygens (including phenoxy) is 1. The molecule has 3 rings (SSSR count). The van der Waals surface area contributed by atoms with Crippen LogP contribution in [0, 0.1) is 12.8 Å². The second kappa shape index (κ2) is 9.09. The highest BCUT2D eigenvalue weighted by molar-refractivity contribution is 6.30. The minimum Gasteiger partial charge on any atom is -0.493 e. The van der Waals surface area contributed by atoms with E-state index in [2.05, 4.69) is 24.1 Å². The summed E-state index contributed by atoms with van der Waals surface area (Å²) in [6.07, 6.45) is 0.913. The third kappa shape index (κ3) is 4.95. The molecule has 1 amide bonds. The van der Waals surface area contributed by atoms with Crippen LogP contribution in [0.5, 0.6) is 11.6 Å². The van der Waals surface area contributed by atoms with Gasteiger partial charge in [0.1, 0.15) is 5.75 Å². The number of fused-ring (bicyclic) bond motifs is 1. The number of aromatic hydroxyl groups is 1. The van der Waals surface area contributed by atoms with Crippen LogP contribution in [0.3, 0.4) is 0 Å². The Morgan fingerprint density at radius 2 is 2.00 bits per heavy atom. The summed E-state index contributed by atoms with van der Waals surface area (Å²) in [7, 11) is 0. The van der Waals surface area contributed by atoms with Gasteiger partial charge in [0.25, 0.3) is 0 Å². The highest BCUT2D eigenvalue weighted by atomic mass is 35.5. The van der Waals surface area contributed by atoms with Crippen molar-refractivity contribution in [2.75, 3.05) is 6.61 Å². The molecule has 0 aliphatic rings. The van der Waals surface area contributed by atoms with Gasteiger partial charge in [0.2, 0.25) is 5.88 Å². The number of carbonyl (C=O) groups is 1. The van der Waals surface area contributed by atoms with Gasteiger partial charge in [-0.2, -0.15) is 0 Å². The van der Waals surface area contributed by atoms with E-state index in [0.29, 0.717) is 28.9 Å². The van der Waals surface area contributed by atoms with E-state index in [-0.39, 0.29) is 12.5 Å². The SMILES string of the molecule is Cc1cc(Cl)ccc1OCC(=O)N=Nc1c(O)n(CCC(C)C)c2ccccc12. The zero-order valence-electron chi connectivity index (χ0n) is 16.7. The molecule has 1 heterocycles. The molecule has 7 heteroatoms. The molecule has 2 aromatic carbocycles. The summed E-state index contributed by atoms with van der Waals surface area (Å²) in [5.41, 5.74) is 1.98. The number of amides is 1. The molecular formula is C22H24ClN3O3. The molecule has 0 saturated carbocycles. The first-order valence-corrected chi connectivity index (χ1v) is 9.88. The van der Waals surface area contributed by atoms with Crippen molar-refractivity contribution in [3.63, 3.8) is 0 Å². The van der Waals surface area contributed by atoms with Crippen molar-refractivity contribution in [1.82, 2.24) is 4.57 Å². The molecule has 6 nitrogen and oxygen atoms in total. The minimum atomic E-state index is -0.544. The number of aryl methyl sites for hydroxylation is 2. The number of nitrogens with zero attached hydrogens (tertiary/aromatic N) is 3. The van der Waals surface area contributed by atoms with Gasteiger partial charge in [0.15, 0.2) is 12.3 Å². The number of rotatable bonds is 7. The number of benzene rings is 2. The van der Waals surface area contributed by atoms with Crippen LogP contribution in [0.1, 0.15) is 25.8 Å². The Balaban J connectivity index is 1.77. The summed E-state index contributed by atoms with van der Waals surface area (Å²) < 4.78 is 7.31. The van der Waals surface area contributed by atoms with Crippen molar-refractivity contribution >= 4 is 34.1 Å². The number of hydrogen-bond acceptors (Lipinski definition) is 4. The van der Waals surface area contributed by atoms with E-state index in [0.717, 1.165) is 22.9 Å². The first-order valence-electron chi connectivity index (χ1n) is 9.50. The van der Waals surface area contributed by atoms with Crippen LogP contribution in [0.25, 0.3) is 10.9 Å². The Bertz CT molecular complexity index is 1060. The maximum atomic E-state index is 12.1. The molecule has 152 valence electrons. The van der Waals surface area contributed by atoms with E-state index in [1.54, 1.807) is 18.2 Å². The molecule has 0 aliphatic carbocycles. The van der Waals surface area contributed by atoms with Crippen molar-refractivity contribution in [2.45, 2.75) is 33.7 Å². The van der Waals surface area contributed by atoms with Crippen molar-refractivity contribution in [3.8, 4) is 11.6 Å². The highest BCUT2D eigenvalue weighted by Gasteiger charge is 2.17. The van der Waals surface area contributed by atoms with Gasteiger partial charge in [-0.25, -0.2) is 0 Å². The summed E-state index contributed by atoms with van der Waals surface area (Å²) in [5, 5.41) is 19.8. The molecule has 0 unspecified atom stereocenters. The molecule has 29 heavy (non-hydrogen) atoms. The standard InChI is InChI=1S/C22H24ClN3O3/c1-14(2)10-11-26-18-7-5-4-6-17(18)21(22(26)28)25-24-20(27)13-29-19-9-8-16(23)12-15(19)3/h4-9,12,14,28H,10-11,13H2,1-3H3. The second-order valence-electron chi connectivity index (χ2n) is 7.32. The van der Waals surface area contributed by atoms with Crippen LogP contribution in [0.4, 0.5) is 5.69 Å². The largest absolute Gasteiger partial charge is 0.493 e. The average Bonchev–Trinajstić information content (AvgIpc) is 2.95. The second-order valence-corrected chi connectivity index (χ2v) is 7.75. The van der Waals surface area contributed by atoms with Gasteiger partial charge in [-0.05, 0) is 49.1 Å². The monoisotopic (exact) mass is 413 g/mol. The smallest absolute Gasteiger partial charge is 0.302 e. The fourth-order valence-electron chi connectivity index (χ4n) is 3.03. The van der Waals surface area contributed by atoms with Crippen molar-refractivity contribution in [3.05, 3.63) is 53.1 Å². The van der Waals surface area contributed by atoms with Gasteiger partial charge >= 0.3 is 5.91 Å². The Kier molecular flexibility index (Phi) is 6.54. The molecular weight excluding hydrogens is 390 g/mol. The molecule has 0 fully saturated rings. The van der Waals surface area contributed by atoms with E-state index in [4.69, 9.17) is 16.3 Å². The highest BCUT2D eigenvalue weighted by Crippen LogP contribution is 2.39. The van der Waals surface area contributed by atoms with Gasteiger partial charge in [-0.3, -0.25) is 4.79 Å². The molecule has 1 aromatic heterocycles. The van der Waals surface area contributed by atoms with Crippen LogP contribution in [0.15, 0.2) is 52.7 Å². The Morgan fingerprint density at radius 1 is 1.24 bits per heavy atom. The summed E-state index contributed by atoms with van der Waals surface area (Å²) in [6, 6.07) is 12.7. The van der Waals surface area contributed by atoms with Crippen LogP contribution < -0.4 is 4.74 Å². The van der Waals surface area contributed by atoms with Gasteiger partial charge in [0, 0.05) is 17.0 Å². The van der Waals surface area contributed by atoms with Gasteiger partial charge < -0.3 is 14.4 Å². The summed E-state index contributed by atoms with van der Waals surface area (Å²) in [4.78, 5) is 12.1. The van der Waals surface area contributed by atoms with Crippen molar-refractivity contribution in [1.29, 1.82) is 0 Å². The predicted molar refractivity (Wildman–Crippen MR) is 114 cm³/mol. The normalized spacial score (nSPS) is 11.6. The lowest BCUT2D eigenvalue weighted by Gasteiger charge is -2.08. The molecule has 0 spiro atoms. The molecule has 0 atom stereocenters. The lowest BCUT2D eigenvalue weighted by atomic mass is 10.1. The van der Waals surface area contributed by atoms with E-state index < -0.39 is 5.91 Å². The van der Waals surface area contributed by atoms with E-state index in [1.807, 2.05) is 35.8 Å². The van der Waals surface area contributed by atoms with Gasteiger partial charge in [-0.1, -0.05) is 43.6 Å². The minimum absolute atomic E-state index is 0.0119. The van der Waals surface area contributed by atoms with Crippen LogP contribution in [-0.4, -0.2) is 22.2 Å². The lowest BCUT2D eigenvalue weighted by molar-refractivity contribution is -0.120. The number of carbonyl (C=O) groups excluding carboxylic acids is 1. The third-order valence-electron chi connectivity index (χ3n) is 4.60. The number of para-hydroxylation sites is 1. The third-order valence-corrected chi connectivity index (χ3v) is 4.83. The zero-order chi connectivity index (χ0) is 21.0. The molecule has 0 saturated heterocycles. The summed E-state index contributed by atoms with van der Waals surface area (Å²) in [5.74, 6) is 0.525. The summed E-state index contributed by atoms with van der Waals surface area (Å²) in [6.45, 7) is 6.51. The van der Waals surface area contributed by atoms with Crippen LogP contribution in [0.2, 0.25) is 5.02 Å². The van der Waals surface area contributed by atoms with Gasteiger partial charge in [-0.15, -0.1) is 10.2 Å². The van der Waals surface area contributed by atoms with E-state index in [1.165, 1.54) is 0 Å². The topological polar surface area (TPSA) is 76.2 Å². The zero-order valence-corrected chi connectivity index (χ0v) is 17.5. The molecule has 0 aliphatic heterocycles. The maximum Gasteiger partial charge on any atom is 0.302 e. The Hall–Kier alpha value is -2.86. The Morgan fingerprint density at radius 3 is 2.72 bits per heavy atom. The first kappa shape index (κ1) is 20.9. The number of aromatic nitrogens is 1. The number of hydrogen-bond donors (Lipinski definition) is 1. The molecule has 0 radical (unpaired) electrons. The number of azo groups is 1.